The van der Waals surface area contributed by atoms with Crippen molar-refractivity contribution in [3.63, 3.8) is 0 Å². The molecular formula is C25H22N4. The van der Waals surface area contributed by atoms with Crippen LogP contribution in [-0.4, -0.2) is 19.9 Å². The second-order valence-corrected chi connectivity index (χ2v) is 8.07. The number of benzene rings is 3. The summed E-state index contributed by atoms with van der Waals surface area (Å²) >= 11 is 0. The molecule has 4 heteroatoms. The quantitative estimate of drug-likeness (QED) is 0.355. The zero-order chi connectivity index (χ0) is 19.2. The zero-order valence-electron chi connectivity index (χ0n) is 16.2. The summed E-state index contributed by atoms with van der Waals surface area (Å²) in [4.78, 5) is 15.6. The van der Waals surface area contributed by atoms with Gasteiger partial charge in [0.15, 0.2) is 0 Å². The molecule has 1 saturated carbocycles. The zero-order valence-corrected chi connectivity index (χ0v) is 16.2. The number of imidazole rings is 2. The van der Waals surface area contributed by atoms with E-state index in [4.69, 9.17) is 0 Å². The largest absolute Gasteiger partial charge is 0.345 e. The van der Waals surface area contributed by atoms with Crippen LogP contribution in [0.15, 0.2) is 67.3 Å². The summed E-state index contributed by atoms with van der Waals surface area (Å²) in [5.41, 5.74) is 4.51. The van der Waals surface area contributed by atoms with Crippen LogP contribution in [0.3, 0.4) is 0 Å². The lowest BCUT2D eigenvalue weighted by Crippen LogP contribution is -1.94. The molecule has 0 amide bonds. The van der Waals surface area contributed by atoms with Crippen LogP contribution in [0.4, 0.5) is 0 Å². The van der Waals surface area contributed by atoms with Gasteiger partial charge in [-0.2, -0.15) is 0 Å². The van der Waals surface area contributed by atoms with Gasteiger partial charge < -0.3 is 9.97 Å². The molecule has 0 radical (unpaired) electrons. The van der Waals surface area contributed by atoms with E-state index in [0.29, 0.717) is 5.92 Å². The molecular weight excluding hydrogens is 356 g/mol. The van der Waals surface area contributed by atoms with Gasteiger partial charge in [-0.1, -0.05) is 49.2 Å². The van der Waals surface area contributed by atoms with Crippen molar-refractivity contribution in [3.05, 3.63) is 73.1 Å². The fourth-order valence-corrected chi connectivity index (χ4v) is 4.71. The summed E-state index contributed by atoms with van der Waals surface area (Å²) in [7, 11) is 0. The van der Waals surface area contributed by atoms with E-state index >= 15 is 0 Å². The first-order valence-electron chi connectivity index (χ1n) is 10.4. The predicted octanol–water partition coefficient (Wildman–Crippen LogP) is 6.43. The fourth-order valence-electron chi connectivity index (χ4n) is 4.71. The molecule has 6 rings (SSSR count). The van der Waals surface area contributed by atoms with Crippen molar-refractivity contribution in [2.75, 3.05) is 0 Å². The minimum absolute atomic E-state index is 0.609. The molecule has 2 heterocycles. The van der Waals surface area contributed by atoms with Gasteiger partial charge in [-0.3, -0.25) is 0 Å². The van der Waals surface area contributed by atoms with Crippen LogP contribution in [0, 0.1) is 0 Å². The van der Waals surface area contributed by atoms with E-state index in [2.05, 4.69) is 68.5 Å². The number of nitrogens with one attached hydrogen (secondary N) is 2. The SMILES string of the molecule is c1ncc(-c2ccc3c(ccc4cc(-c5cnc(C6CCCC6)[nH]5)ccc43)c2)[nH]1. The number of aromatic amines is 2. The Hall–Kier alpha value is -3.40. The van der Waals surface area contributed by atoms with Crippen molar-refractivity contribution in [2.45, 2.75) is 31.6 Å². The summed E-state index contributed by atoms with van der Waals surface area (Å²) in [6, 6.07) is 17.7. The highest BCUT2D eigenvalue weighted by Crippen LogP contribution is 2.35. The van der Waals surface area contributed by atoms with Crippen LogP contribution in [0.1, 0.15) is 37.4 Å². The minimum atomic E-state index is 0.609. The Labute approximate surface area is 169 Å². The van der Waals surface area contributed by atoms with E-state index in [-0.39, 0.29) is 0 Å². The van der Waals surface area contributed by atoms with Crippen LogP contribution in [0.2, 0.25) is 0 Å². The highest BCUT2D eigenvalue weighted by atomic mass is 14.9. The molecule has 0 aliphatic heterocycles. The summed E-state index contributed by atoms with van der Waals surface area (Å²) < 4.78 is 0. The van der Waals surface area contributed by atoms with Crippen molar-refractivity contribution in [2.24, 2.45) is 0 Å². The Morgan fingerprint density at radius 2 is 1.45 bits per heavy atom. The van der Waals surface area contributed by atoms with Crippen molar-refractivity contribution in [1.29, 1.82) is 0 Å². The Bertz CT molecular complexity index is 1310. The first-order chi connectivity index (χ1) is 14.3. The van der Waals surface area contributed by atoms with E-state index in [0.717, 1.165) is 22.8 Å². The molecule has 1 aliphatic rings. The molecule has 0 spiro atoms. The highest BCUT2D eigenvalue weighted by Gasteiger charge is 2.20. The van der Waals surface area contributed by atoms with Crippen LogP contribution in [0.5, 0.6) is 0 Å². The Morgan fingerprint density at radius 1 is 0.759 bits per heavy atom. The second kappa shape index (κ2) is 6.59. The maximum atomic E-state index is 4.68. The third kappa shape index (κ3) is 2.83. The summed E-state index contributed by atoms with van der Waals surface area (Å²) in [5, 5.41) is 5.04. The topological polar surface area (TPSA) is 57.4 Å². The van der Waals surface area contributed by atoms with E-state index < -0.39 is 0 Å². The third-order valence-electron chi connectivity index (χ3n) is 6.29. The molecule has 2 N–H and O–H groups in total. The molecule has 4 nitrogen and oxygen atoms in total. The van der Waals surface area contributed by atoms with E-state index in [1.807, 2.05) is 12.4 Å². The van der Waals surface area contributed by atoms with E-state index in [1.54, 1.807) is 6.33 Å². The van der Waals surface area contributed by atoms with Gasteiger partial charge in [0.25, 0.3) is 0 Å². The summed E-state index contributed by atoms with van der Waals surface area (Å²) in [6.45, 7) is 0. The molecule has 0 atom stereocenters. The summed E-state index contributed by atoms with van der Waals surface area (Å²) in [6.07, 6.45) is 10.7. The molecule has 0 bridgehead atoms. The van der Waals surface area contributed by atoms with Gasteiger partial charge in [0.2, 0.25) is 0 Å². The first kappa shape index (κ1) is 16.5. The molecule has 142 valence electrons. The van der Waals surface area contributed by atoms with Gasteiger partial charge in [0, 0.05) is 17.0 Å². The lowest BCUT2D eigenvalue weighted by molar-refractivity contribution is 0.679. The van der Waals surface area contributed by atoms with E-state index in [9.17, 15) is 0 Å². The fraction of sp³-hybridized carbons (Fsp3) is 0.200. The van der Waals surface area contributed by atoms with Gasteiger partial charge in [0.1, 0.15) is 5.82 Å². The van der Waals surface area contributed by atoms with Crippen LogP contribution >= 0.6 is 0 Å². The lowest BCUT2D eigenvalue weighted by atomic mass is 9.97. The minimum Gasteiger partial charge on any atom is -0.345 e. The average molecular weight is 378 g/mol. The van der Waals surface area contributed by atoms with Crippen molar-refractivity contribution in [1.82, 2.24) is 19.9 Å². The molecule has 0 saturated heterocycles. The number of aromatic nitrogens is 4. The average Bonchev–Trinajstić information content (AvgIpc) is 3.54. The smallest absolute Gasteiger partial charge is 0.109 e. The van der Waals surface area contributed by atoms with Gasteiger partial charge >= 0.3 is 0 Å². The standard InChI is InChI=1S/C25H22N4/c1-2-4-16(3-1)25-27-14-24(29-25)20-8-10-22-18(12-20)6-5-17-11-19(7-9-21(17)22)23-13-26-15-28-23/h5-16H,1-4H2,(H,26,28)(H,27,29). The molecule has 29 heavy (non-hydrogen) atoms. The van der Waals surface area contributed by atoms with Crippen LogP contribution < -0.4 is 0 Å². The number of rotatable bonds is 3. The van der Waals surface area contributed by atoms with Crippen molar-refractivity contribution in [3.8, 4) is 22.5 Å². The van der Waals surface area contributed by atoms with Crippen LogP contribution in [-0.2, 0) is 0 Å². The van der Waals surface area contributed by atoms with Crippen molar-refractivity contribution < 1.29 is 0 Å². The Morgan fingerprint density at radius 3 is 2.10 bits per heavy atom. The van der Waals surface area contributed by atoms with Gasteiger partial charge in [-0.15, -0.1) is 0 Å². The molecule has 2 aromatic heterocycles. The highest BCUT2D eigenvalue weighted by molar-refractivity contribution is 6.09. The van der Waals surface area contributed by atoms with Crippen molar-refractivity contribution >= 4 is 21.5 Å². The van der Waals surface area contributed by atoms with Gasteiger partial charge in [0.05, 0.1) is 30.1 Å². The van der Waals surface area contributed by atoms with E-state index in [1.165, 1.54) is 52.8 Å². The molecule has 5 aromatic rings. The van der Waals surface area contributed by atoms with Gasteiger partial charge in [-0.05, 0) is 46.5 Å². The number of nitrogens with zero attached hydrogens (tertiary/aromatic N) is 2. The molecule has 0 unspecified atom stereocenters. The van der Waals surface area contributed by atoms with Crippen LogP contribution in [0.25, 0.3) is 44.1 Å². The first-order valence-corrected chi connectivity index (χ1v) is 10.4. The Kier molecular flexibility index (Phi) is 3.76. The molecule has 3 aromatic carbocycles. The normalized spacial score (nSPS) is 14.9. The number of hydrogen-bond donors (Lipinski definition) is 2. The number of fused-ring (bicyclic) bond motifs is 3. The lowest BCUT2D eigenvalue weighted by Gasteiger charge is -2.08. The molecule has 1 fully saturated rings. The maximum Gasteiger partial charge on any atom is 0.109 e. The number of hydrogen-bond acceptors (Lipinski definition) is 2. The Balaban J connectivity index is 1.40. The maximum absolute atomic E-state index is 4.68. The monoisotopic (exact) mass is 378 g/mol. The van der Waals surface area contributed by atoms with Gasteiger partial charge in [-0.25, -0.2) is 9.97 Å². The predicted molar refractivity (Wildman–Crippen MR) is 118 cm³/mol. The molecule has 1 aliphatic carbocycles. The third-order valence-corrected chi connectivity index (χ3v) is 6.29. The number of H-pyrrole nitrogens is 2. The summed E-state index contributed by atoms with van der Waals surface area (Å²) in [5.74, 6) is 1.76. The second-order valence-electron chi connectivity index (χ2n) is 8.07.